The lowest BCUT2D eigenvalue weighted by atomic mass is 9.58. The number of carbonyl (C=O) groups is 1. The molecule has 1 aromatic rings. The molecule has 0 aromatic heterocycles. The molecule has 122 valence electrons. The van der Waals surface area contributed by atoms with Crippen molar-refractivity contribution >= 4 is 5.91 Å². The number of nitrogens with one attached hydrogen (secondary N) is 1. The largest absolute Gasteiger partial charge is 0.381 e. The highest BCUT2D eigenvalue weighted by atomic mass is 16.5. The molecule has 0 heterocycles. The topological polar surface area (TPSA) is 64.4 Å². The van der Waals surface area contributed by atoms with Crippen LogP contribution in [0.15, 0.2) is 24.3 Å². The first-order chi connectivity index (χ1) is 10.5. The van der Waals surface area contributed by atoms with Crippen LogP contribution in [0.3, 0.4) is 0 Å². The maximum atomic E-state index is 12.5. The van der Waals surface area contributed by atoms with Gasteiger partial charge >= 0.3 is 0 Å². The van der Waals surface area contributed by atoms with E-state index in [1.165, 1.54) is 0 Å². The third kappa shape index (κ3) is 2.90. The first-order valence-corrected chi connectivity index (χ1v) is 8.13. The second-order valence-electron chi connectivity index (χ2n) is 6.35. The van der Waals surface area contributed by atoms with Crippen molar-refractivity contribution in [2.24, 2.45) is 11.1 Å². The highest BCUT2D eigenvalue weighted by Gasteiger charge is 2.53. The first-order valence-electron chi connectivity index (χ1n) is 8.13. The fourth-order valence-corrected chi connectivity index (χ4v) is 3.67. The lowest BCUT2D eigenvalue weighted by Gasteiger charge is -2.55. The Kier molecular flexibility index (Phi) is 5.24. The van der Waals surface area contributed by atoms with Crippen molar-refractivity contribution in [1.29, 1.82) is 0 Å². The van der Waals surface area contributed by atoms with Gasteiger partial charge in [0.05, 0.1) is 6.10 Å². The van der Waals surface area contributed by atoms with Gasteiger partial charge in [0.15, 0.2) is 0 Å². The summed E-state index contributed by atoms with van der Waals surface area (Å²) in [7, 11) is 1.75. The lowest BCUT2D eigenvalue weighted by molar-refractivity contribution is -0.142. The van der Waals surface area contributed by atoms with E-state index in [4.69, 9.17) is 10.5 Å². The summed E-state index contributed by atoms with van der Waals surface area (Å²) in [6.07, 6.45) is 3.08. The summed E-state index contributed by atoms with van der Waals surface area (Å²) >= 11 is 0. The quantitative estimate of drug-likeness (QED) is 0.849. The molecule has 3 N–H and O–H groups in total. The fraction of sp³-hybridized carbons (Fsp3) is 0.611. The van der Waals surface area contributed by atoms with Crippen LogP contribution < -0.4 is 11.1 Å². The Balaban J connectivity index is 2.04. The van der Waals surface area contributed by atoms with E-state index in [-0.39, 0.29) is 23.5 Å². The summed E-state index contributed by atoms with van der Waals surface area (Å²) in [4.78, 5) is 12.5. The molecule has 1 saturated carbocycles. The highest BCUT2D eigenvalue weighted by molar-refractivity contribution is 5.83. The minimum atomic E-state index is -0.617. The summed E-state index contributed by atoms with van der Waals surface area (Å²) in [5.74, 6) is -0.102. The number of hydrogen-bond acceptors (Lipinski definition) is 3. The van der Waals surface area contributed by atoms with Gasteiger partial charge in [0.25, 0.3) is 0 Å². The van der Waals surface area contributed by atoms with Crippen LogP contribution in [0.2, 0.25) is 0 Å². The second-order valence-corrected chi connectivity index (χ2v) is 6.35. The standard InChI is InChI=1S/C18H28N2O2/c1-5-18(6-2)14(11-15(18)22-4)20-17(21)16(19)13-9-7-12(3)8-10-13/h7-10,14-16H,5-6,11,19H2,1-4H3,(H,20,21). The zero-order chi connectivity index (χ0) is 16.3. The van der Waals surface area contributed by atoms with Crippen LogP contribution in [-0.4, -0.2) is 25.2 Å². The molecule has 4 heteroatoms. The molecule has 0 spiro atoms. The Labute approximate surface area is 133 Å². The number of ether oxygens (including phenoxy) is 1. The number of amides is 1. The molecule has 1 aliphatic rings. The van der Waals surface area contributed by atoms with Crippen LogP contribution in [-0.2, 0) is 9.53 Å². The third-order valence-corrected chi connectivity index (χ3v) is 5.42. The van der Waals surface area contributed by atoms with Crippen LogP contribution >= 0.6 is 0 Å². The normalized spacial score (nSPS) is 24.4. The van der Waals surface area contributed by atoms with Gasteiger partial charge in [-0.05, 0) is 31.7 Å². The Bertz CT molecular complexity index is 508. The predicted octanol–water partition coefficient (Wildman–Crippen LogP) is 2.70. The van der Waals surface area contributed by atoms with E-state index >= 15 is 0 Å². The molecular weight excluding hydrogens is 276 g/mol. The number of aryl methyl sites for hydroxylation is 1. The van der Waals surface area contributed by atoms with Crippen LogP contribution in [0.25, 0.3) is 0 Å². The van der Waals surface area contributed by atoms with Gasteiger partial charge in [-0.2, -0.15) is 0 Å². The molecule has 1 aromatic carbocycles. The minimum Gasteiger partial charge on any atom is -0.381 e. The number of hydrogen-bond donors (Lipinski definition) is 2. The molecular formula is C18H28N2O2. The SMILES string of the molecule is CCC1(CC)C(NC(=O)C(N)c2ccc(C)cc2)CC1OC. The monoisotopic (exact) mass is 304 g/mol. The number of nitrogens with two attached hydrogens (primary N) is 1. The van der Waals surface area contributed by atoms with E-state index in [1.54, 1.807) is 7.11 Å². The van der Waals surface area contributed by atoms with Crippen LogP contribution in [0.1, 0.15) is 50.3 Å². The zero-order valence-electron chi connectivity index (χ0n) is 14.1. The average Bonchev–Trinajstić information content (AvgIpc) is 2.52. The van der Waals surface area contributed by atoms with Crippen molar-refractivity contribution < 1.29 is 9.53 Å². The Hall–Kier alpha value is -1.39. The average molecular weight is 304 g/mol. The van der Waals surface area contributed by atoms with Gasteiger partial charge < -0.3 is 15.8 Å². The molecule has 1 aliphatic carbocycles. The molecule has 1 amide bonds. The molecule has 0 saturated heterocycles. The fourth-order valence-electron chi connectivity index (χ4n) is 3.67. The third-order valence-electron chi connectivity index (χ3n) is 5.42. The van der Waals surface area contributed by atoms with Gasteiger partial charge in [0.2, 0.25) is 5.91 Å². The van der Waals surface area contributed by atoms with E-state index in [1.807, 2.05) is 31.2 Å². The van der Waals surface area contributed by atoms with Crippen molar-refractivity contribution in [1.82, 2.24) is 5.32 Å². The van der Waals surface area contributed by atoms with E-state index in [2.05, 4.69) is 19.2 Å². The van der Waals surface area contributed by atoms with Gasteiger partial charge in [-0.25, -0.2) is 0 Å². The maximum absolute atomic E-state index is 12.5. The molecule has 3 atom stereocenters. The number of benzene rings is 1. The summed E-state index contributed by atoms with van der Waals surface area (Å²) in [6, 6.07) is 7.34. The van der Waals surface area contributed by atoms with Gasteiger partial charge in [-0.1, -0.05) is 43.7 Å². The Morgan fingerprint density at radius 1 is 1.36 bits per heavy atom. The van der Waals surface area contributed by atoms with E-state index < -0.39 is 6.04 Å². The molecule has 22 heavy (non-hydrogen) atoms. The molecule has 0 bridgehead atoms. The van der Waals surface area contributed by atoms with E-state index in [0.29, 0.717) is 0 Å². The smallest absolute Gasteiger partial charge is 0.241 e. The Morgan fingerprint density at radius 2 is 1.95 bits per heavy atom. The molecule has 4 nitrogen and oxygen atoms in total. The number of rotatable bonds is 6. The summed E-state index contributed by atoms with van der Waals surface area (Å²) in [5, 5.41) is 3.14. The van der Waals surface area contributed by atoms with Crippen molar-refractivity contribution in [3.05, 3.63) is 35.4 Å². The van der Waals surface area contributed by atoms with Crippen molar-refractivity contribution in [2.75, 3.05) is 7.11 Å². The van der Waals surface area contributed by atoms with E-state index in [9.17, 15) is 4.79 Å². The van der Waals surface area contributed by atoms with Crippen LogP contribution in [0, 0.1) is 12.3 Å². The molecule has 0 aliphatic heterocycles. The molecule has 1 fully saturated rings. The molecule has 3 unspecified atom stereocenters. The first kappa shape index (κ1) is 17.0. The van der Waals surface area contributed by atoms with Gasteiger partial charge in [0.1, 0.15) is 6.04 Å². The Morgan fingerprint density at radius 3 is 2.45 bits per heavy atom. The van der Waals surface area contributed by atoms with Gasteiger partial charge in [-0.3, -0.25) is 4.79 Å². The number of methoxy groups -OCH3 is 1. The predicted molar refractivity (Wildman–Crippen MR) is 88.5 cm³/mol. The van der Waals surface area contributed by atoms with Crippen molar-refractivity contribution in [3.63, 3.8) is 0 Å². The van der Waals surface area contributed by atoms with Gasteiger partial charge in [-0.15, -0.1) is 0 Å². The van der Waals surface area contributed by atoms with E-state index in [0.717, 1.165) is 30.4 Å². The maximum Gasteiger partial charge on any atom is 0.241 e. The summed E-state index contributed by atoms with van der Waals surface area (Å²) in [5.41, 5.74) is 8.16. The van der Waals surface area contributed by atoms with Crippen LogP contribution in [0.4, 0.5) is 0 Å². The molecule has 0 radical (unpaired) electrons. The summed E-state index contributed by atoms with van der Waals surface area (Å²) < 4.78 is 5.57. The van der Waals surface area contributed by atoms with Crippen LogP contribution in [0.5, 0.6) is 0 Å². The van der Waals surface area contributed by atoms with Crippen molar-refractivity contribution in [3.8, 4) is 0 Å². The lowest BCUT2D eigenvalue weighted by Crippen LogP contribution is -2.64. The second kappa shape index (κ2) is 6.80. The highest BCUT2D eigenvalue weighted by Crippen LogP contribution is 2.48. The molecule has 2 rings (SSSR count). The zero-order valence-corrected chi connectivity index (χ0v) is 14.1. The number of carbonyl (C=O) groups excluding carboxylic acids is 1. The van der Waals surface area contributed by atoms with Crippen molar-refractivity contribution in [2.45, 2.75) is 58.2 Å². The summed E-state index contributed by atoms with van der Waals surface area (Å²) in [6.45, 7) is 6.34. The van der Waals surface area contributed by atoms with Gasteiger partial charge in [0, 0.05) is 18.6 Å². The minimum absolute atomic E-state index is 0.0391.